The fourth-order valence-electron chi connectivity index (χ4n) is 2.03. The number of hydrogen-bond acceptors (Lipinski definition) is 2. The third kappa shape index (κ3) is 3.52. The van der Waals surface area contributed by atoms with Gasteiger partial charge in [-0.25, -0.2) is 0 Å². The van der Waals surface area contributed by atoms with Crippen LogP contribution in [0.1, 0.15) is 28.8 Å². The third-order valence-electron chi connectivity index (χ3n) is 3.11. The molecule has 1 N–H and O–H groups in total. The van der Waals surface area contributed by atoms with Gasteiger partial charge in [-0.2, -0.15) is 13.2 Å². The fourth-order valence-corrected chi connectivity index (χ4v) is 2.70. The molecule has 1 aliphatic rings. The first-order valence-electron chi connectivity index (χ1n) is 6.14. The Balaban J connectivity index is 2.17. The maximum atomic E-state index is 12.8. The number of ether oxygens (including phenoxy) is 1. The summed E-state index contributed by atoms with van der Waals surface area (Å²) in [4.78, 5) is 12.1. The molecule has 7 heteroatoms. The Morgan fingerprint density at radius 3 is 2.55 bits per heavy atom. The van der Waals surface area contributed by atoms with Gasteiger partial charge >= 0.3 is 6.18 Å². The van der Waals surface area contributed by atoms with Crippen molar-refractivity contribution in [3.63, 3.8) is 0 Å². The van der Waals surface area contributed by atoms with E-state index in [2.05, 4.69) is 21.2 Å². The number of hydrogen-bond donors (Lipinski definition) is 1. The van der Waals surface area contributed by atoms with Gasteiger partial charge in [-0.15, -0.1) is 0 Å². The maximum absolute atomic E-state index is 12.8. The molecule has 0 unspecified atom stereocenters. The topological polar surface area (TPSA) is 38.3 Å². The van der Waals surface area contributed by atoms with E-state index >= 15 is 0 Å². The van der Waals surface area contributed by atoms with Crippen LogP contribution < -0.4 is 5.32 Å². The molecule has 20 heavy (non-hydrogen) atoms. The molecule has 1 heterocycles. The maximum Gasteiger partial charge on any atom is 0.417 e. The lowest BCUT2D eigenvalue weighted by Crippen LogP contribution is -2.39. The van der Waals surface area contributed by atoms with E-state index < -0.39 is 17.6 Å². The van der Waals surface area contributed by atoms with Crippen molar-refractivity contribution in [3.8, 4) is 0 Å². The number of amides is 1. The predicted molar refractivity (Wildman–Crippen MR) is 70.5 cm³/mol. The molecule has 1 aromatic rings. The van der Waals surface area contributed by atoms with Crippen LogP contribution in [0.3, 0.4) is 0 Å². The minimum Gasteiger partial charge on any atom is -0.381 e. The molecule has 1 aromatic carbocycles. The zero-order valence-electron chi connectivity index (χ0n) is 10.5. The Labute approximate surface area is 122 Å². The Morgan fingerprint density at radius 1 is 1.30 bits per heavy atom. The first-order valence-corrected chi connectivity index (χ1v) is 6.93. The smallest absolute Gasteiger partial charge is 0.381 e. The van der Waals surface area contributed by atoms with Crippen molar-refractivity contribution in [3.05, 3.63) is 33.8 Å². The highest BCUT2D eigenvalue weighted by molar-refractivity contribution is 9.10. The van der Waals surface area contributed by atoms with Gasteiger partial charge in [0.2, 0.25) is 0 Å². The van der Waals surface area contributed by atoms with Crippen LogP contribution >= 0.6 is 15.9 Å². The quantitative estimate of drug-likeness (QED) is 0.886. The van der Waals surface area contributed by atoms with E-state index in [9.17, 15) is 18.0 Å². The second kappa shape index (κ2) is 6.13. The van der Waals surface area contributed by atoms with Crippen molar-refractivity contribution in [2.75, 3.05) is 13.2 Å². The van der Waals surface area contributed by atoms with E-state index in [-0.39, 0.29) is 16.1 Å². The van der Waals surface area contributed by atoms with Crippen LogP contribution in [-0.4, -0.2) is 25.2 Å². The van der Waals surface area contributed by atoms with Gasteiger partial charge in [0.25, 0.3) is 5.91 Å². The van der Waals surface area contributed by atoms with Crippen molar-refractivity contribution in [1.29, 1.82) is 0 Å². The number of nitrogens with one attached hydrogen (secondary N) is 1. The van der Waals surface area contributed by atoms with Gasteiger partial charge in [0, 0.05) is 23.7 Å². The normalized spacial score (nSPS) is 17.0. The Kier molecular flexibility index (Phi) is 4.70. The van der Waals surface area contributed by atoms with Gasteiger partial charge < -0.3 is 10.1 Å². The Morgan fingerprint density at radius 2 is 1.95 bits per heavy atom. The number of rotatable bonds is 2. The van der Waals surface area contributed by atoms with Crippen molar-refractivity contribution >= 4 is 21.8 Å². The SMILES string of the molecule is O=C(NC1CCOCC1)c1cccc(C(F)(F)F)c1Br. The van der Waals surface area contributed by atoms with Crippen LogP contribution in [0.25, 0.3) is 0 Å². The largest absolute Gasteiger partial charge is 0.417 e. The van der Waals surface area contributed by atoms with Gasteiger partial charge in [0.05, 0.1) is 11.1 Å². The summed E-state index contributed by atoms with van der Waals surface area (Å²) in [5, 5.41) is 2.74. The molecule has 0 atom stereocenters. The third-order valence-corrected chi connectivity index (χ3v) is 3.96. The van der Waals surface area contributed by atoms with E-state index in [1.165, 1.54) is 12.1 Å². The minimum atomic E-state index is -4.49. The molecule has 1 aliphatic heterocycles. The van der Waals surface area contributed by atoms with Crippen molar-refractivity contribution in [1.82, 2.24) is 5.32 Å². The zero-order chi connectivity index (χ0) is 14.8. The molecule has 0 saturated carbocycles. The number of alkyl halides is 3. The minimum absolute atomic E-state index is 0.00804. The molecule has 0 aromatic heterocycles. The summed E-state index contributed by atoms with van der Waals surface area (Å²) in [5.74, 6) is -0.505. The van der Waals surface area contributed by atoms with Crippen LogP contribution in [0, 0.1) is 0 Å². The molecule has 110 valence electrons. The number of benzene rings is 1. The summed E-state index contributed by atoms with van der Waals surface area (Å²) < 4.78 is 43.3. The summed E-state index contributed by atoms with van der Waals surface area (Å²) in [7, 11) is 0. The molecule has 0 bridgehead atoms. The van der Waals surface area contributed by atoms with Gasteiger partial charge in [0.1, 0.15) is 0 Å². The number of carbonyl (C=O) groups excluding carboxylic acids is 1. The lowest BCUT2D eigenvalue weighted by atomic mass is 10.1. The van der Waals surface area contributed by atoms with Crippen molar-refractivity contribution in [2.24, 2.45) is 0 Å². The highest BCUT2D eigenvalue weighted by Gasteiger charge is 2.34. The van der Waals surface area contributed by atoms with Gasteiger partial charge in [-0.05, 0) is 40.9 Å². The van der Waals surface area contributed by atoms with E-state index in [1.807, 2.05) is 0 Å². The molecular weight excluding hydrogens is 339 g/mol. The highest BCUT2D eigenvalue weighted by Crippen LogP contribution is 2.36. The molecule has 0 aliphatic carbocycles. The standard InChI is InChI=1S/C13H13BrF3NO2/c14-11-9(2-1-3-10(11)13(15,16)17)12(19)18-8-4-6-20-7-5-8/h1-3,8H,4-7H2,(H,18,19). The predicted octanol–water partition coefficient (Wildman–Crippen LogP) is 3.38. The van der Waals surface area contributed by atoms with E-state index in [0.717, 1.165) is 6.07 Å². The molecule has 0 spiro atoms. The van der Waals surface area contributed by atoms with E-state index in [4.69, 9.17) is 4.74 Å². The molecule has 3 nitrogen and oxygen atoms in total. The van der Waals surface area contributed by atoms with Gasteiger partial charge in [0.15, 0.2) is 0 Å². The summed E-state index contributed by atoms with van der Waals surface area (Å²) in [5.41, 5.74) is -0.858. The molecule has 1 fully saturated rings. The monoisotopic (exact) mass is 351 g/mol. The van der Waals surface area contributed by atoms with Crippen LogP contribution in [0.15, 0.2) is 22.7 Å². The summed E-state index contributed by atoms with van der Waals surface area (Å²) in [6.45, 7) is 1.10. The van der Waals surface area contributed by atoms with Gasteiger partial charge in [-0.1, -0.05) is 6.07 Å². The average Bonchev–Trinajstić information content (AvgIpc) is 2.38. The summed E-state index contributed by atoms with van der Waals surface area (Å²) in [6, 6.07) is 3.48. The first kappa shape index (κ1) is 15.3. The lowest BCUT2D eigenvalue weighted by Gasteiger charge is -2.23. The number of carbonyl (C=O) groups is 1. The van der Waals surface area contributed by atoms with Crippen LogP contribution in [0.5, 0.6) is 0 Å². The lowest BCUT2D eigenvalue weighted by molar-refractivity contribution is -0.138. The highest BCUT2D eigenvalue weighted by atomic mass is 79.9. The average molecular weight is 352 g/mol. The molecule has 2 rings (SSSR count). The zero-order valence-corrected chi connectivity index (χ0v) is 12.1. The Bertz CT molecular complexity index is 499. The van der Waals surface area contributed by atoms with Crippen LogP contribution in [0.4, 0.5) is 13.2 Å². The molecular formula is C13H13BrF3NO2. The van der Waals surface area contributed by atoms with Crippen LogP contribution in [-0.2, 0) is 10.9 Å². The molecule has 1 saturated heterocycles. The second-order valence-electron chi connectivity index (χ2n) is 4.52. The number of halogens is 4. The van der Waals surface area contributed by atoms with E-state index in [0.29, 0.717) is 26.1 Å². The summed E-state index contributed by atoms with van der Waals surface area (Å²) >= 11 is 2.88. The van der Waals surface area contributed by atoms with E-state index in [1.54, 1.807) is 0 Å². The van der Waals surface area contributed by atoms with Crippen molar-refractivity contribution < 1.29 is 22.7 Å². The fraction of sp³-hybridized carbons (Fsp3) is 0.462. The second-order valence-corrected chi connectivity index (χ2v) is 5.32. The molecule has 0 radical (unpaired) electrons. The van der Waals surface area contributed by atoms with Crippen LogP contribution in [0.2, 0.25) is 0 Å². The van der Waals surface area contributed by atoms with Crippen molar-refractivity contribution in [2.45, 2.75) is 25.1 Å². The van der Waals surface area contributed by atoms with Gasteiger partial charge in [-0.3, -0.25) is 4.79 Å². The molecule has 1 amide bonds. The summed E-state index contributed by atoms with van der Waals surface area (Å²) in [6.07, 6.45) is -3.15. The first-order chi connectivity index (χ1) is 9.39. The Hall–Kier alpha value is -1.08.